The van der Waals surface area contributed by atoms with Crippen molar-refractivity contribution in [2.45, 2.75) is 0 Å². The Kier molecular flexibility index (Phi) is 4.03. The van der Waals surface area contributed by atoms with E-state index in [0.29, 0.717) is 16.7 Å². The van der Waals surface area contributed by atoms with Crippen LogP contribution < -0.4 is 0 Å². The summed E-state index contributed by atoms with van der Waals surface area (Å²) in [6.45, 7) is 0.278. The summed E-state index contributed by atoms with van der Waals surface area (Å²) in [6.07, 6.45) is 1.60. The van der Waals surface area contributed by atoms with E-state index in [-0.39, 0.29) is 12.5 Å². The van der Waals surface area contributed by atoms with E-state index in [9.17, 15) is 4.79 Å². The molecule has 0 aromatic carbocycles. The highest BCUT2D eigenvalue weighted by atomic mass is 79.9. The number of carbonyl (C=O) groups is 1. The highest BCUT2D eigenvalue weighted by Gasteiger charge is 2.14. The quantitative estimate of drug-likeness (QED) is 0.821. The third-order valence-corrected chi connectivity index (χ3v) is 2.40. The number of carbonyl (C=O) groups excluding carboxylic acids is 1. The number of halogens is 1. The molecule has 0 aliphatic rings. The van der Waals surface area contributed by atoms with Crippen molar-refractivity contribution in [2.75, 3.05) is 20.2 Å². The fourth-order valence-electron chi connectivity index (χ4n) is 1.00. The molecule has 1 aromatic rings. The van der Waals surface area contributed by atoms with Crippen LogP contribution in [0, 0.1) is 0 Å². The first kappa shape index (κ1) is 11.1. The average Bonchev–Trinajstić information content (AvgIpc) is 2.18. The Labute approximate surface area is 90.7 Å². The first-order valence-corrected chi connectivity index (χ1v) is 4.93. The van der Waals surface area contributed by atoms with Crippen molar-refractivity contribution in [1.82, 2.24) is 9.88 Å². The molecule has 1 N–H and O–H groups in total. The number of rotatable bonds is 3. The van der Waals surface area contributed by atoms with E-state index in [1.165, 1.54) is 4.90 Å². The molecule has 1 rings (SSSR count). The van der Waals surface area contributed by atoms with Gasteiger partial charge in [-0.3, -0.25) is 4.79 Å². The molecule has 0 aliphatic carbocycles. The highest BCUT2D eigenvalue weighted by molar-refractivity contribution is 9.10. The number of hydrogen-bond acceptors (Lipinski definition) is 3. The molecule has 0 atom stereocenters. The third-order valence-electron chi connectivity index (χ3n) is 1.77. The Bertz CT molecular complexity index is 330. The molecule has 4 nitrogen and oxygen atoms in total. The number of aromatic nitrogens is 1. The van der Waals surface area contributed by atoms with Crippen molar-refractivity contribution < 1.29 is 9.90 Å². The molecule has 0 bridgehead atoms. The second kappa shape index (κ2) is 5.07. The molecule has 5 heteroatoms. The molecule has 14 heavy (non-hydrogen) atoms. The number of likely N-dealkylation sites (N-methyl/N-ethyl adjacent to an activating group) is 1. The normalized spacial score (nSPS) is 9.93. The summed E-state index contributed by atoms with van der Waals surface area (Å²) in [4.78, 5) is 17.1. The standard InChI is InChI=1S/C9H11BrN2O2/c1-12(5-6-13)9(14)7-3-2-4-11-8(7)10/h2-4,13H,5-6H2,1H3. The Hall–Kier alpha value is -0.940. The van der Waals surface area contributed by atoms with Crippen molar-refractivity contribution in [3.8, 4) is 0 Å². The zero-order valence-electron chi connectivity index (χ0n) is 7.77. The second-order valence-electron chi connectivity index (χ2n) is 2.79. The van der Waals surface area contributed by atoms with E-state index in [0.717, 1.165) is 0 Å². The maximum absolute atomic E-state index is 11.7. The third kappa shape index (κ3) is 2.52. The predicted molar refractivity (Wildman–Crippen MR) is 56.0 cm³/mol. The Morgan fingerprint density at radius 3 is 3.00 bits per heavy atom. The Balaban J connectivity index is 2.84. The molecule has 0 unspecified atom stereocenters. The van der Waals surface area contributed by atoms with Crippen LogP contribution in [0.5, 0.6) is 0 Å². The van der Waals surface area contributed by atoms with Gasteiger partial charge in [-0.1, -0.05) is 0 Å². The molecular formula is C9H11BrN2O2. The van der Waals surface area contributed by atoms with Crippen LogP contribution in [0.2, 0.25) is 0 Å². The van der Waals surface area contributed by atoms with Crippen molar-refractivity contribution in [2.24, 2.45) is 0 Å². The van der Waals surface area contributed by atoms with E-state index in [1.807, 2.05) is 0 Å². The largest absolute Gasteiger partial charge is 0.395 e. The minimum absolute atomic E-state index is 0.0415. The summed E-state index contributed by atoms with van der Waals surface area (Å²) >= 11 is 3.20. The first-order chi connectivity index (χ1) is 6.66. The summed E-state index contributed by atoms with van der Waals surface area (Å²) in [6, 6.07) is 3.39. The van der Waals surface area contributed by atoms with Crippen molar-refractivity contribution >= 4 is 21.8 Å². The minimum atomic E-state index is -0.154. The van der Waals surface area contributed by atoms with Gasteiger partial charge in [-0.05, 0) is 28.1 Å². The molecule has 0 saturated carbocycles. The predicted octanol–water partition coefficient (Wildman–Crippen LogP) is 0.908. The summed E-state index contributed by atoms with van der Waals surface area (Å²) in [5.41, 5.74) is 0.503. The molecule has 1 heterocycles. The number of aliphatic hydroxyl groups excluding tert-OH is 1. The van der Waals surface area contributed by atoms with Crippen LogP contribution in [0.3, 0.4) is 0 Å². The average molecular weight is 259 g/mol. The van der Waals surface area contributed by atoms with E-state index >= 15 is 0 Å². The summed E-state index contributed by atoms with van der Waals surface area (Å²) in [7, 11) is 1.64. The zero-order valence-corrected chi connectivity index (χ0v) is 9.36. The molecular weight excluding hydrogens is 248 g/mol. The fraction of sp³-hybridized carbons (Fsp3) is 0.333. The molecule has 0 aliphatic heterocycles. The molecule has 1 aromatic heterocycles. The van der Waals surface area contributed by atoms with Gasteiger partial charge in [-0.2, -0.15) is 0 Å². The van der Waals surface area contributed by atoms with E-state index in [2.05, 4.69) is 20.9 Å². The Morgan fingerprint density at radius 2 is 2.43 bits per heavy atom. The summed E-state index contributed by atoms with van der Waals surface area (Å²) < 4.78 is 0.523. The van der Waals surface area contributed by atoms with Crippen molar-refractivity contribution in [3.63, 3.8) is 0 Å². The fourth-order valence-corrected chi connectivity index (χ4v) is 1.42. The highest BCUT2D eigenvalue weighted by Crippen LogP contribution is 2.14. The van der Waals surface area contributed by atoms with Gasteiger partial charge < -0.3 is 10.0 Å². The first-order valence-electron chi connectivity index (χ1n) is 4.13. The number of pyridine rings is 1. The van der Waals surface area contributed by atoms with Crippen LogP contribution >= 0.6 is 15.9 Å². The van der Waals surface area contributed by atoms with Crippen LogP contribution in [-0.2, 0) is 0 Å². The van der Waals surface area contributed by atoms with Gasteiger partial charge >= 0.3 is 0 Å². The SMILES string of the molecule is CN(CCO)C(=O)c1cccnc1Br. The van der Waals surface area contributed by atoms with Gasteiger partial charge in [0.15, 0.2) is 0 Å². The Morgan fingerprint density at radius 1 is 1.71 bits per heavy atom. The van der Waals surface area contributed by atoms with Crippen LogP contribution in [0.4, 0.5) is 0 Å². The molecule has 0 radical (unpaired) electrons. The summed E-state index contributed by atoms with van der Waals surface area (Å²) in [5, 5.41) is 8.68. The van der Waals surface area contributed by atoms with Crippen LogP contribution in [0.1, 0.15) is 10.4 Å². The van der Waals surface area contributed by atoms with Gasteiger partial charge in [0.25, 0.3) is 5.91 Å². The molecule has 0 saturated heterocycles. The maximum Gasteiger partial charge on any atom is 0.256 e. The van der Waals surface area contributed by atoms with E-state index in [4.69, 9.17) is 5.11 Å². The van der Waals surface area contributed by atoms with Gasteiger partial charge in [0.1, 0.15) is 4.60 Å². The van der Waals surface area contributed by atoms with Gasteiger partial charge in [0.2, 0.25) is 0 Å². The zero-order chi connectivity index (χ0) is 10.6. The van der Waals surface area contributed by atoms with Gasteiger partial charge in [0, 0.05) is 19.8 Å². The van der Waals surface area contributed by atoms with Gasteiger partial charge in [-0.15, -0.1) is 0 Å². The van der Waals surface area contributed by atoms with E-state index < -0.39 is 0 Å². The topological polar surface area (TPSA) is 53.4 Å². The number of nitrogens with zero attached hydrogens (tertiary/aromatic N) is 2. The lowest BCUT2D eigenvalue weighted by Gasteiger charge is -2.15. The van der Waals surface area contributed by atoms with Crippen molar-refractivity contribution in [3.05, 3.63) is 28.5 Å². The van der Waals surface area contributed by atoms with Gasteiger partial charge in [-0.25, -0.2) is 4.98 Å². The lowest BCUT2D eigenvalue weighted by Crippen LogP contribution is -2.29. The second-order valence-corrected chi connectivity index (χ2v) is 3.54. The molecule has 76 valence electrons. The van der Waals surface area contributed by atoms with E-state index in [1.54, 1.807) is 25.4 Å². The van der Waals surface area contributed by atoms with Crippen LogP contribution in [0.15, 0.2) is 22.9 Å². The molecule has 0 fully saturated rings. The number of amides is 1. The van der Waals surface area contributed by atoms with Crippen LogP contribution in [0.25, 0.3) is 0 Å². The number of hydrogen-bond donors (Lipinski definition) is 1. The lowest BCUT2D eigenvalue weighted by atomic mass is 10.2. The van der Waals surface area contributed by atoms with Crippen molar-refractivity contribution in [1.29, 1.82) is 0 Å². The van der Waals surface area contributed by atoms with Gasteiger partial charge in [0.05, 0.1) is 12.2 Å². The number of aliphatic hydroxyl groups is 1. The monoisotopic (exact) mass is 258 g/mol. The maximum atomic E-state index is 11.7. The van der Waals surface area contributed by atoms with Crippen LogP contribution in [-0.4, -0.2) is 41.1 Å². The lowest BCUT2D eigenvalue weighted by molar-refractivity contribution is 0.0765. The summed E-state index contributed by atoms with van der Waals surface area (Å²) in [5.74, 6) is -0.154. The smallest absolute Gasteiger partial charge is 0.256 e. The molecule has 1 amide bonds. The molecule has 0 spiro atoms. The minimum Gasteiger partial charge on any atom is -0.395 e.